The first-order valence-electron chi connectivity index (χ1n) is 8.68. The number of hydrogen-bond acceptors (Lipinski definition) is 4. The zero-order valence-electron chi connectivity index (χ0n) is 15.5. The van der Waals surface area contributed by atoms with Crippen LogP contribution in [0.3, 0.4) is 0 Å². The summed E-state index contributed by atoms with van der Waals surface area (Å²) in [4.78, 5) is 42.2. The van der Waals surface area contributed by atoms with Gasteiger partial charge in [-0.25, -0.2) is 4.98 Å². The molecule has 0 aliphatic heterocycles. The predicted molar refractivity (Wildman–Crippen MR) is 108 cm³/mol. The van der Waals surface area contributed by atoms with Gasteiger partial charge in [-0.15, -0.1) is 0 Å². The summed E-state index contributed by atoms with van der Waals surface area (Å²) in [5.74, 6) is -0.799. The Labute approximate surface area is 162 Å². The summed E-state index contributed by atoms with van der Waals surface area (Å²) >= 11 is 0. The molecule has 0 bridgehead atoms. The minimum absolute atomic E-state index is 0.0479. The fraction of sp³-hybridized carbons (Fsp3) is 0.0909. The molecule has 2 aromatic carbocycles. The largest absolute Gasteiger partial charge is 0.321 e. The van der Waals surface area contributed by atoms with Crippen LogP contribution in [0.1, 0.15) is 38.3 Å². The number of nitrogens with one attached hydrogen (secondary N) is 1. The van der Waals surface area contributed by atoms with Gasteiger partial charge in [0.15, 0.2) is 5.78 Å². The second kappa shape index (κ2) is 8.26. The van der Waals surface area contributed by atoms with Gasteiger partial charge in [0.1, 0.15) is 11.4 Å². The molecule has 0 unspecified atom stereocenters. The van der Waals surface area contributed by atoms with Crippen molar-refractivity contribution in [1.82, 2.24) is 4.98 Å². The molecular formula is C22H19N3O3. The van der Waals surface area contributed by atoms with E-state index >= 15 is 0 Å². The maximum Gasteiger partial charge on any atom is 0.276 e. The summed E-state index contributed by atoms with van der Waals surface area (Å²) in [5, 5.41) is 2.71. The number of amides is 2. The van der Waals surface area contributed by atoms with Crippen LogP contribution < -0.4 is 10.2 Å². The van der Waals surface area contributed by atoms with Crippen molar-refractivity contribution in [3.8, 4) is 0 Å². The summed E-state index contributed by atoms with van der Waals surface area (Å²) < 4.78 is 0. The van der Waals surface area contributed by atoms with Crippen LogP contribution in [0.25, 0.3) is 0 Å². The molecular weight excluding hydrogens is 354 g/mol. The summed E-state index contributed by atoms with van der Waals surface area (Å²) in [6, 6.07) is 20.5. The number of rotatable bonds is 5. The molecule has 0 radical (unpaired) electrons. The number of carbonyl (C=O) groups excluding carboxylic acids is 3. The Morgan fingerprint density at radius 3 is 2.11 bits per heavy atom. The molecule has 0 fully saturated rings. The topological polar surface area (TPSA) is 79.4 Å². The van der Waals surface area contributed by atoms with Crippen molar-refractivity contribution in [2.24, 2.45) is 0 Å². The van der Waals surface area contributed by atoms with Crippen LogP contribution in [-0.4, -0.2) is 29.6 Å². The average Bonchev–Trinajstić information content (AvgIpc) is 2.73. The molecule has 2 amide bonds. The molecule has 1 heterocycles. The van der Waals surface area contributed by atoms with Crippen LogP contribution in [0.2, 0.25) is 0 Å². The van der Waals surface area contributed by atoms with Gasteiger partial charge in [0.05, 0.1) is 0 Å². The molecule has 1 aromatic heterocycles. The van der Waals surface area contributed by atoms with E-state index in [0.717, 1.165) is 5.69 Å². The number of benzene rings is 2. The number of anilines is 2. The van der Waals surface area contributed by atoms with Gasteiger partial charge in [-0.2, -0.15) is 0 Å². The maximum atomic E-state index is 12.7. The van der Waals surface area contributed by atoms with Crippen molar-refractivity contribution < 1.29 is 14.4 Å². The highest BCUT2D eigenvalue weighted by molar-refractivity contribution is 6.07. The molecule has 1 N–H and O–H groups in total. The normalized spacial score (nSPS) is 10.2. The number of pyridine rings is 1. The van der Waals surface area contributed by atoms with Crippen LogP contribution >= 0.6 is 0 Å². The van der Waals surface area contributed by atoms with E-state index < -0.39 is 5.91 Å². The number of carbonyl (C=O) groups is 3. The van der Waals surface area contributed by atoms with E-state index in [4.69, 9.17) is 0 Å². The van der Waals surface area contributed by atoms with Gasteiger partial charge in [-0.05, 0) is 55.5 Å². The highest BCUT2D eigenvalue weighted by Gasteiger charge is 2.17. The summed E-state index contributed by atoms with van der Waals surface area (Å²) in [7, 11) is 1.66. The molecule has 3 aromatic rings. The number of nitrogens with zero attached hydrogens (tertiary/aromatic N) is 2. The molecule has 140 valence electrons. The van der Waals surface area contributed by atoms with Gasteiger partial charge < -0.3 is 10.2 Å². The van der Waals surface area contributed by atoms with Gasteiger partial charge in [-0.3, -0.25) is 14.4 Å². The lowest BCUT2D eigenvalue weighted by molar-refractivity contribution is 0.0985. The van der Waals surface area contributed by atoms with E-state index in [9.17, 15) is 14.4 Å². The summed E-state index contributed by atoms with van der Waals surface area (Å²) in [6.07, 6.45) is 0. The Kier molecular flexibility index (Phi) is 5.60. The second-order valence-electron chi connectivity index (χ2n) is 6.20. The molecule has 0 saturated carbocycles. The van der Waals surface area contributed by atoms with Crippen LogP contribution in [0.5, 0.6) is 0 Å². The van der Waals surface area contributed by atoms with Gasteiger partial charge in [-0.1, -0.05) is 24.3 Å². The van der Waals surface area contributed by atoms with Crippen molar-refractivity contribution in [2.45, 2.75) is 6.92 Å². The van der Waals surface area contributed by atoms with Crippen molar-refractivity contribution in [3.63, 3.8) is 0 Å². The third kappa shape index (κ3) is 4.29. The first kappa shape index (κ1) is 19.0. The Morgan fingerprint density at radius 1 is 0.821 bits per heavy atom. The first-order valence-corrected chi connectivity index (χ1v) is 8.68. The molecule has 6 nitrogen and oxygen atoms in total. The Morgan fingerprint density at radius 2 is 1.46 bits per heavy atom. The molecule has 0 atom stereocenters. The van der Waals surface area contributed by atoms with Crippen LogP contribution in [0.15, 0.2) is 72.8 Å². The monoisotopic (exact) mass is 373 g/mol. The standard InChI is InChI=1S/C22H19N3O3/c1-15(26)16-11-13-17(14-12-16)23-21(27)19-9-6-10-20(24-19)22(28)25(2)18-7-4-3-5-8-18/h3-14H,1-2H3,(H,23,27). The fourth-order valence-electron chi connectivity index (χ4n) is 2.60. The first-order chi connectivity index (χ1) is 13.5. The average molecular weight is 373 g/mol. The number of para-hydroxylation sites is 1. The Balaban J connectivity index is 1.76. The van der Waals surface area contributed by atoms with E-state index in [1.165, 1.54) is 11.8 Å². The zero-order chi connectivity index (χ0) is 20.1. The van der Waals surface area contributed by atoms with Gasteiger partial charge in [0.25, 0.3) is 11.8 Å². The van der Waals surface area contributed by atoms with E-state index in [1.54, 1.807) is 49.5 Å². The fourth-order valence-corrected chi connectivity index (χ4v) is 2.60. The predicted octanol–water partition coefficient (Wildman–Crippen LogP) is 3.81. The van der Waals surface area contributed by atoms with Gasteiger partial charge in [0.2, 0.25) is 0 Å². The summed E-state index contributed by atoms with van der Waals surface area (Å²) in [5.41, 5.74) is 2.13. The minimum Gasteiger partial charge on any atom is -0.321 e. The van der Waals surface area contributed by atoms with Gasteiger partial charge >= 0.3 is 0 Å². The lowest BCUT2D eigenvalue weighted by atomic mass is 10.1. The lowest BCUT2D eigenvalue weighted by Crippen LogP contribution is -2.27. The second-order valence-corrected chi connectivity index (χ2v) is 6.20. The molecule has 6 heteroatoms. The van der Waals surface area contributed by atoms with Crippen LogP contribution in [0, 0.1) is 0 Å². The lowest BCUT2D eigenvalue weighted by Gasteiger charge is -2.17. The van der Waals surface area contributed by atoms with E-state index in [-0.39, 0.29) is 23.1 Å². The third-order valence-corrected chi connectivity index (χ3v) is 4.20. The number of Topliss-reactive ketones (excluding diaryl/α,β-unsaturated/α-hetero) is 1. The van der Waals surface area contributed by atoms with Crippen LogP contribution in [-0.2, 0) is 0 Å². The SMILES string of the molecule is CC(=O)c1ccc(NC(=O)c2cccc(C(=O)N(C)c3ccccc3)n2)cc1. The molecule has 0 aliphatic rings. The molecule has 28 heavy (non-hydrogen) atoms. The smallest absolute Gasteiger partial charge is 0.276 e. The molecule has 0 spiro atoms. The number of hydrogen-bond donors (Lipinski definition) is 1. The van der Waals surface area contributed by atoms with Crippen molar-refractivity contribution in [2.75, 3.05) is 17.3 Å². The van der Waals surface area contributed by atoms with Crippen LogP contribution in [0.4, 0.5) is 11.4 Å². The van der Waals surface area contributed by atoms with Crippen molar-refractivity contribution in [3.05, 3.63) is 89.7 Å². The van der Waals surface area contributed by atoms with Crippen molar-refractivity contribution >= 4 is 29.0 Å². The minimum atomic E-state index is -0.437. The third-order valence-electron chi connectivity index (χ3n) is 4.20. The highest BCUT2D eigenvalue weighted by atomic mass is 16.2. The Hall–Kier alpha value is -3.80. The van der Waals surface area contributed by atoms with Gasteiger partial charge in [0, 0.05) is 24.0 Å². The maximum absolute atomic E-state index is 12.7. The summed E-state index contributed by atoms with van der Waals surface area (Å²) in [6.45, 7) is 1.48. The Bertz CT molecular complexity index is 1010. The van der Waals surface area contributed by atoms with E-state index in [2.05, 4.69) is 10.3 Å². The van der Waals surface area contributed by atoms with Crippen molar-refractivity contribution in [1.29, 1.82) is 0 Å². The molecule has 0 saturated heterocycles. The highest BCUT2D eigenvalue weighted by Crippen LogP contribution is 2.15. The molecule has 3 rings (SSSR count). The number of ketones is 1. The quantitative estimate of drug-likeness (QED) is 0.690. The van der Waals surface area contributed by atoms with E-state index in [1.807, 2.05) is 30.3 Å². The molecule has 0 aliphatic carbocycles. The number of aromatic nitrogens is 1. The zero-order valence-corrected chi connectivity index (χ0v) is 15.5. The van der Waals surface area contributed by atoms with E-state index in [0.29, 0.717) is 11.3 Å².